The Balaban J connectivity index is 1.06. The Morgan fingerprint density at radius 1 is 0.421 bits per heavy atom. The molecule has 57 heavy (non-hydrogen) atoms. The molecule has 6 atom stereocenters. The van der Waals surface area contributed by atoms with Crippen LogP contribution in [0.4, 0.5) is 0 Å². The second kappa shape index (κ2) is 18.2. The number of amides is 6. The van der Waals surface area contributed by atoms with Gasteiger partial charge in [0.15, 0.2) is 0 Å². The molecule has 0 aromatic heterocycles. The van der Waals surface area contributed by atoms with Crippen LogP contribution in [0.1, 0.15) is 93.7 Å². The molecule has 0 saturated carbocycles. The topological polar surface area (TPSA) is 200 Å². The Morgan fingerprint density at radius 2 is 0.684 bits per heavy atom. The van der Waals surface area contributed by atoms with E-state index in [1.807, 2.05) is 0 Å². The molecule has 6 N–H and O–H groups in total. The van der Waals surface area contributed by atoms with E-state index in [0.717, 1.165) is 94.1 Å². The molecule has 6 aliphatic rings. The molecule has 312 valence electrons. The predicted molar refractivity (Wildman–Crippen MR) is 212 cm³/mol. The van der Waals surface area contributed by atoms with Gasteiger partial charge in [0.05, 0.1) is 17.8 Å². The number of nitrogens with two attached hydrogens (primary N) is 3. The van der Waals surface area contributed by atoms with E-state index < -0.39 is 35.8 Å². The van der Waals surface area contributed by atoms with Crippen LogP contribution >= 0.6 is 0 Å². The van der Waals surface area contributed by atoms with Gasteiger partial charge in [-0.15, -0.1) is 0 Å². The van der Waals surface area contributed by atoms with Crippen LogP contribution in [0.3, 0.4) is 0 Å². The van der Waals surface area contributed by atoms with Gasteiger partial charge in [-0.3, -0.25) is 43.5 Å². The van der Waals surface area contributed by atoms with Gasteiger partial charge in [0.25, 0.3) is 0 Å². The van der Waals surface area contributed by atoms with Gasteiger partial charge in [0.2, 0.25) is 35.4 Å². The molecule has 6 fully saturated rings. The number of primary amides is 3. The second-order valence-electron chi connectivity index (χ2n) is 17.7. The molecule has 6 heterocycles. The van der Waals surface area contributed by atoms with Crippen molar-refractivity contribution in [2.24, 2.45) is 35.0 Å². The molecule has 6 unspecified atom stereocenters. The first kappa shape index (κ1) is 41.1. The van der Waals surface area contributed by atoms with Gasteiger partial charge < -0.3 is 31.9 Å². The largest absolute Gasteiger partial charge is 0.368 e. The van der Waals surface area contributed by atoms with E-state index >= 15 is 0 Å². The first-order valence-electron chi connectivity index (χ1n) is 21.5. The van der Waals surface area contributed by atoms with Crippen LogP contribution in [0.5, 0.6) is 0 Å². The smallest absolute Gasteiger partial charge is 0.240 e. The minimum atomic E-state index is -0.513. The summed E-state index contributed by atoms with van der Waals surface area (Å²) in [5.41, 5.74) is 20.4. The summed E-state index contributed by atoms with van der Waals surface area (Å²) in [7, 11) is 0. The van der Waals surface area contributed by atoms with Gasteiger partial charge in [0.1, 0.15) is 18.1 Å². The molecule has 15 nitrogen and oxygen atoms in total. The number of likely N-dealkylation sites (tertiary alicyclic amines) is 6. The van der Waals surface area contributed by atoms with Crippen molar-refractivity contribution in [3.63, 3.8) is 0 Å². The summed E-state index contributed by atoms with van der Waals surface area (Å²) in [4.78, 5) is 89.4. The maximum absolute atomic E-state index is 13.7. The van der Waals surface area contributed by atoms with E-state index in [1.165, 1.54) is 0 Å². The third-order valence-corrected chi connectivity index (χ3v) is 13.5. The normalized spacial score (nSPS) is 29.2. The highest BCUT2D eigenvalue weighted by atomic mass is 16.2. The quantitative estimate of drug-likeness (QED) is 0.274. The highest BCUT2D eigenvalue weighted by Crippen LogP contribution is 2.30. The fraction of sp³-hybridized carbons (Fsp3) is 0.714. The zero-order valence-electron chi connectivity index (χ0n) is 33.5. The van der Waals surface area contributed by atoms with E-state index in [9.17, 15) is 28.8 Å². The first-order chi connectivity index (χ1) is 27.4. The van der Waals surface area contributed by atoms with Gasteiger partial charge >= 0.3 is 0 Å². The SMILES string of the molecule is NC(=O)C1CCCN1C(=O)C1CCCN(Cc2cc(CN3CCCC(C(=O)N4CCCC4C(N)=O)C3)cc(CN3CCCC(C(=O)N4CCCC4C(N)=O)C3)c2)C1. The van der Waals surface area contributed by atoms with Crippen molar-refractivity contribution in [3.05, 3.63) is 34.9 Å². The lowest BCUT2D eigenvalue weighted by atomic mass is 9.94. The lowest BCUT2D eigenvalue weighted by Crippen LogP contribution is -2.49. The molecule has 6 saturated heterocycles. The molecule has 6 aliphatic heterocycles. The van der Waals surface area contributed by atoms with Crippen molar-refractivity contribution in [2.75, 3.05) is 58.9 Å². The van der Waals surface area contributed by atoms with Crippen LogP contribution in [0.15, 0.2) is 18.2 Å². The first-order valence-corrected chi connectivity index (χ1v) is 21.5. The standard InChI is InChI=1S/C42H63N9O6/c43-37(52)34-10-4-16-49(34)40(55)31-7-1-13-46(25-31)22-28-19-29(23-47-14-2-8-32(26-47)41(56)50-17-5-11-35(50)38(44)53)21-30(20-28)24-48-15-3-9-33(27-48)42(57)51-18-6-12-36(51)39(45)54/h19-21,31-36H,1-18,22-27H2,(H2,43,52)(H2,44,53)(H2,45,54). The number of piperidine rings is 3. The van der Waals surface area contributed by atoms with E-state index in [-0.39, 0.29) is 35.5 Å². The maximum atomic E-state index is 13.7. The molecule has 0 bridgehead atoms. The number of hydrogen-bond donors (Lipinski definition) is 3. The van der Waals surface area contributed by atoms with Crippen molar-refractivity contribution in [2.45, 2.75) is 115 Å². The van der Waals surface area contributed by atoms with Crippen LogP contribution in [0, 0.1) is 17.8 Å². The Bertz CT molecular complexity index is 1490. The van der Waals surface area contributed by atoms with Crippen LogP contribution < -0.4 is 17.2 Å². The molecular weight excluding hydrogens is 727 g/mol. The monoisotopic (exact) mass is 789 g/mol. The average molecular weight is 790 g/mol. The summed E-state index contributed by atoms with van der Waals surface area (Å²) in [6.07, 6.45) is 9.33. The fourth-order valence-corrected chi connectivity index (χ4v) is 10.8. The molecule has 1 aromatic rings. The number of carbonyl (C=O) groups is 6. The molecule has 0 aliphatic carbocycles. The van der Waals surface area contributed by atoms with E-state index in [0.29, 0.717) is 78.2 Å². The average Bonchev–Trinajstić information content (AvgIpc) is 3.99. The van der Waals surface area contributed by atoms with Gasteiger partial charge in [0, 0.05) is 58.9 Å². The number of nitrogens with zero attached hydrogens (tertiary/aromatic N) is 6. The molecule has 0 spiro atoms. The molecule has 1 aromatic carbocycles. The number of rotatable bonds is 12. The number of carbonyl (C=O) groups excluding carboxylic acids is 6. The van der Waals surface area contributed by atoms with E-state index in [4.69, 9.17) is 17.2 Å². The summed E-state index contributed by atoms with van der Waals surface area (Å²) in [5.74, 6) is -1.72. The van der Waals surface area contributed by atoms with Crippen LogP contribution in [0.25, 0.3) is 0 Å². The maximum Gasteiger partial charge on any atom is 0.240 e. The molecule has 15 heteroatoms. The zero-order chi connectivity index (χ0) is 40.2. The lowest BCUT2D eigenvalue weighted by molar-refractivity contribution is -0.142. The van der Waals surface area contributed by atoms with Gasteiger partial charge in [-0.1, -0.05) is 18.2 Å². The summed E-state index contributed by atoms with van der Waals surface area (Å²) < 4.78 is 0. The van der Waals surface area contributed by atoms with Crippen LogP contribution in [0.2, 0.25) is 0 Å². The van der Waals surface area contributed by atoms with Gasteiger partial charge in [-0.25, -0.2) is 0 Å². The third kappa shape index (κ3) is 9.63. The molecular formula is C42H63N9O6. The second-order valence-corrected chi connectivity index (χ2v) is 17.7. The van der Waals surface area contributed by atoms with Gasteiger partial charge in [-0.2, -0.15) is 0 Å². The fourth-order valence-electron chi connectivity index (χ4n) is 10.8. The van der Waals surface area contributed by atoms with Crippen molar-refractivity contribution >= 4 is 35.4 Å². The van der Waals surface area contributed by atoms with E-state index in [1.54, 1.807) is 14.7 Å². The predicted octanol–water partition coefficient (Wildman–Crippen LogP) is 0.752. The highest BCUT2D eigenvalue weighted by Gasteiger charge is 2.40. The summed E-state index contributed by atoms with van der Waals surface area (Å²) in [6.45, 7) is 8.26. The lowest BCUT2D eigenvalue weighted by Gasteiger charge is -2.36. The minimum absolute atomic E-state index is 0.0333. The Kier molecular flexibility index (Phi) is 13.1. The minimum Gasteiger partial charge on any atom is -0.368 e. The Morgan fingerprint density at radius 3 is 0.947 bits per heavy atom. The number of hydrogen-bond acceptors (Lipinski definition) is 9. The van der Waals surface area contributed by atoms with Crippen molar-refractivity contribution in [1.82, 2.24) is 29.4 Å². The van der Waals surface area contributed by atoms with Crippen LogP contribution in [-0.2, 0) is 48.4 Å². The third-order valence-electron chi connectivity index (χ3n) is 13.5. The van der Waals surface area contributed by atoms with Crippen molar-refractivity contribution in [1.29, 1.82) is 0 Å². The molecule has 7 rings (SSSR count). The number of benzene rings is 1. The summed E-state index contributed by atoms with van der Waals surface area (Å²) in [5, 5.41) is 0. The molecule has 6 amide bonds. The summed E-state index contributed by atoms with van der Waals surface area (Å²) >= 11 is 0. The van der Waals surface area contributed by atoms with Crippen molar-refractivity contribution < 1.29 is 28.8 Å². The molecule has 0 radical (unpaired) electrons. The zero-order valence-corrected chi connectivity index (χ0v) is 33.5. The van der Waals surface area contributed by atoms with Crippen LogP contribution in [-0.4, -0.2) is 142 Å². The van der Waals surface area contributed by atoms with E-state index in [2.05, 4.69) is 32.9 Å². The Labute approximate surface area is 336 Å². The Hall–Kier alpha value is -4.08. The summed E-state index contributed by atoms with van der Waals surface area (Å²) in [6, 6.07) is 5.23. The highest BCUT2D eigenvalue weighted by molar-refractivity contribution is 5.90. The van der Waals surface area contributed by atoms with Crippen molar-refractivity contribution in [3.8, 4) is 0 Å². The van der Waals surface area contributed by atoms with Gasteiger partial charge in [-0.05, 0) is 113 Å².